The summed E-state index contributed by atoms with van der Waals surface area (Å²) in [6.45, 7) is 2.87. The van der Waals surface area contributed by atoms with Crippen LogP contribution in [0, 0.1) is 11.8 Å². The molecule has 0 radical (unpaired) electrons. The van der Waals surface area contributed by atoms with Gasteiger partial charge in [-0.15, -0.1) is 0 Å². The highest BCUT2D eigenvalue weighted by Gasteiger charge is 2.55. The van der Waals surface area contributed by atoms with E-state index in [-0.39, 0.29) is 12.1 Å². The molecule has 3 heterocycles. The predicted octanol–water partition coefficient (Wildman–Crippen LogP) is 2.81. The van der Waals surface area contributed by atoms with Crippen molar-refractivity contribution < 1.29 is 4.52 Å². The smallest absolute Gasteiger partial charge is 0.280 e. The number of nitrogens with one attached hydrogen (secondary N) is 1. The van der Waals surface area contributed by atoms with Crippen molar-refractivity contribution in [2.75, 3.05) is 11.9 Å². The van der Waals surface area contributed by atoms with Gasteiger partial charge in [0.25, 0.3) is 5.56 Å². The quantitative estimate of drug-likeness (QED) is 0.503. The lowest BCUT2D eigenvalue weighted by atomic mass is 10.0. The lowest BCUT2D eigenvalue weighted by molar-refractivity contribution is 0.364. The van der Waals surface area contributed by atoms with Gasteiger partial charge in [-0.3, -0.25) is 9.36 Å². The number of aryl methyl sites for hydroxylation is 1. The molecule has 9 heteroatoms. The molecule has 1 fully saturated rings. The van der Waals surface area contributed by atoms with Gasteiger partial charge in [0, 0.05) is 19.5 Å². The summed E-state index contributed by atoms with van der Waals surface area (Å²) in [5.74, 6) is 3.07. The molecule has 0 aliphatic heterocycles. The van der Waals surface area contributed by atoms with Gasteiger partial charge in [0.05, 0.1) is 0 Å². The normalized spacial score (nSPS) is 21.6. The molecule has 1 aromatic carbocycles. The Morgan fingerprint density at radius 2 is 2.06 bits per heavy atom. The zero-order chi connectivity index (χ0) is 21.8. The van der Waals surface area contributed by atoms with Gasteiger partial charge >= 0.3 is 0 Å². The van der Waals surface area contributed by atoms with E-state index in [2.05, 4.69) is 55.8 Å². The second-order valence-corrected chi connectivity index (χ2v) is 8.45. The molecule has 1 saturated carbocycles. The number of benzene rings is 1. The largest absolute Gasteiger partial charge is 0.356 e. The molecular weight excluding hydrogens is 406 g/mol. The fraction of sp³-hybridized carbons (Fsp3) is 0.348. The van der Waals surface area contributed by atoms with Crippen LogP contribution < -0.4 is 10.9 Å². The summed E-state index contributed by atoms with van der Waals surface area (Å²) in [6, 6.07) is 10.5. The monoisotopic (exact) mass is 429 g/mol. The number of imidazole rings is 1. The van der Waals surface area contributed by atoms with E-state index in [0.717, 1.165) is 12.2 Å². The molecule has 0 saturated heterocycles. The van der Waals surface area contributed by atoms with Crippen LogP contribution in [0.3, 0.4) is 0 Å². The van der Waals surface area contributed by atoms with Crippen molar-refractivity contribution in [3.8, 4) is 0 Å². The first-order valence-electron chi connectivity index (χ1n) is 10.9. The molecule has 4 aromatic rings. The first-order chi connectivity index (χ1) is 15.6. The zero-order valence-electron chi connectivity index (χ0n) is 17.9. The molecular formula is C23H23N7O2. The molecule has 2 aliphatic rings. The number of rotatable bonds is 6. The zero-order valence-corrected chi connectivity index (χ0v) is 17.9. The van der Waals surface area contributed by atoms with Crippen molar-refractivity contribution in [2.45, 2.75) is 25.8 Å². The van der Waals surface area contributed by atoms with Crippen LogP contribution in [-0.4, -0.2) is 35.8 Å². The van der Waals surface area contributed by atoms with Crippen molar-refractivity contribution >= 4 is 22.7 Å². The first-order valence-corrected chi connectivity index (χ1v) is 10.9. The summed E-state index contributed by atoms with van der Waals surface area (Å²) in [7, 11) is 1.80. The summed E-state index contributed by atoms with van der Waals surface area (Å²) >= 11 is 0. The van der Waals surface area contributed by atoms with Crippen LogP contribution in [0.25, 0.3) is 16.7 Å². The lowest BCUT2D eigenvalue weighted by Crippen LogP contribution is -2.23. The van der Waals surface area contributed by atoms with Gasteiger partial charge in [-0.1, -0.05) is 41.6 Å². The Morgan fingerprint density at radius 3 is 2.81 bits per heavy atom. The van der Waals surface area contributed by atoms with E-state index in [4.69, 9.17) is 4.52 Å². The van der Waals surface area contributed by atoms with Crippen LogP contribution in [0.4, 0.5) is 5.95 Å². The molecule has 32 heavy (non-hydrogen) atoms. The molecule has 0 bridgehead atoms. The minimum absolute atomic E-state index is 0.184. The van der Waals surface area contributed by atoms with Crippen LogP contribution in [-0.2, 0) is 13.6 Å². The highest BCUT2D eigenvalue weighted by molar-refractivity contribution is 5.73. The van der Waals surface area contributed by atoms with E-state index in [1.807, 2.05) is 13.0 Å². The lowest BCUT2D eigenvalue weighted by Gasteiger charge is -2.05. The number of hydrogen-bond donors (Lipinski definition) is 1. The summed E-state index contributed by atoms with van der Waals surface area (Å²) < 4.78 is 8.70. The first kappa shape index (κ1) is 19.0. The Balaban J connectivity index is 1.21. The van der Waals surface area contributed by atoms with E-state index >= 15 is 0 Å². The summed E-state index contributed by atoms with van der Waals surface area (Å²) in [6.07, 6.45) is 4.88. The maximum Gasteiger partial charge on any atom is 0.280 e. The van der Waals surface area contributed by atoms with Gasteiger partial charge in [-0.25, -0.2) is 4.98 Å². The fourth-order valence-electron chi connectivity index (χ4n) is 4.84. The highest BCUT2D eigenvalue weighted by Crippen LogP contribution is 2.62. The van der Waals surface area contributed by atoms with E-state index in [1.165, 1.54) is 22.0 Å². The maximum atomic E-state index is 13.0. The number of nitrogens with zero attached hydrogens (tertiary/aromatic N) is 6. The van der Waals surface area contributed by atoms with E-state index in [9.17, 15) is 4.79 Å². The molecule has 2 aliphatic carbocycles. The fourth-order valence-corrected chi connectivity index (χ4v) is 4.84. The van der Waals surface area contributed by atoms with Crippen molar-refractivity contribution in [1.29, 1.82) is 0 Å². The van der Waals surface area contributed by atoms with Gasteiger partial charge in [-0.2, -0.15) is 9.97 Å². The van der Waals surface area contributed by atoms with Crippen molar-refractivity contribution in [3.05, 3.63) is 70.4 Å². The molecule has 0 spiro atoms. The average molecular weight is 429 g/mol. The summed E-state index contributed by atoms with van der Waals surface area (Å²) in [5, 5.41) is 7.35. The minimum Gasteiger partial charge on any atom is -0.356 e. The molecule has 0 unspecified atom stereocenters. The van der Waals surface area contributed by atoms with E-state index < -0.39 is 0 Å². The third kappa shape index (κ3) is 2.96. The molecule has 3 atom stereocenters. The van der Waals surface area contributed by atoms with E-state index in [1.54, 1.807) is 11.6 Å². The number of hydrogen-bond acceptors (Lipinski definition) is 7. The van der Waals surface area contributed by atoms with Gasteiger partial charge in [0.1, 0.15) is 12.9 Å². The maximum absolute atomic E-state index is 13.0. The Bertz CT molecular complexity index is 1400. The number of anilines is 1. The Morgan fingerprint density at radius 1 is 1.22 bits per heavy atom. The van der Waals surface area contributed by atoms with Gasteiger partial charge in [0.2, 0.25) is 11.8 Å². The number of aromatic nitrogens is 6. The minimum atomic E-state index is -0.187. The van der Waals surface area contributed by atoms with Crippen molar-refractivity contribution in [1.82, 2.24) is 29.2 Å². The second kappa shape index (κ2) is 7.15. The summed E-state index contributed by atoms with van der Waals surface area (Å²) in [4.78, 5) is 26.3. The molecule has 162 valence electrons. The Labute approximate surface area is 183 Å². The van der Waals surface area contributed by atoms with Gasteiger partial charge < -0.3 is 14.4 Å². The van der Waals surface area contributed by atoms with Crippen LogP contribution in [0.5, 0.6) is 0 Å². The summed E-state index contributed by atoms with van der Waals surface area (Å²) in [5.41, 5.74) is 3.37. The number of allylic oxidation sites excluding steroid dienone is 2. The third-order valence-electron chi connectivity index (χ3n) is 6.51. The third-order valence-corrected chi connectivity index (χ3v) is 6.51. The van der Waals surface area contributed by atoms with E-state index in [0.29, 0.717) is 47.3 Å². The standard InChI is InChI=1S/C23H23N7O2/c1-3-24-23-27-21-19(29(23)2)22(31)30(12-25-21)11-17-26-20(28-32-17)18-15-9-14(10-16(15)18)13-7-5-4-6-8-13/h4-9,12,15-16,18H,3,10-11H2,1-2H3,(H,24,27)/t15-,16+,18+/m1/s1. The molecule has 1 N–H and O–H groups in total. The highest BCUT2D eigenvalue weighted by atomic mass is 16.5. The number of fused-ring (bicyclic) bond motifs is 2. The Hall–Kier alpha value is -3.75. The van der Waals surface area contributed by atoms with Gasteiger partial charge in [-0.05, 0) is 36.3 Å². The average Bonchev–Trinajstić information content (AvgIpc) is 3.17. The van der Waals surface area contributed by atoms with Crippen LogP contribution in [0.2, 0.25) is 0 Å². The SMILES string of the molecule is CCNc1nc2ncn(Cc3nc([C@H]4[C@@H]5C=C(c6ccccc6)C[C@@H]54)no3)c(=O)c2n1C. The predicted molar refractivity (Wildman–Crippen MR) is 119 cm³/mol. The van der Waals surface area contributed by atoms with Crippen molar-refractivity contribution in [3.63, 3.8) is 0 Å². The van der Waals surface area contributed by atoms with Crippen LogP contribution in [0.15, 0.2) is 52.1 Å². The molecule has 0 amide bonds. The van der Waals surface area contributed by atoms with Gasteiger partial charge in [0.15, 0.2) is 17.0 Å². The Kier molecular flexibility index (Phi) is 4.24. The van der Waals surface area contributed by atoms with Crippen LogP contribution in [0.1, 0.15) is 36.5 Å². The van der Waals surface area contributed by atoms with Crippen LogP contribution >= 0.6 is 0 Å². The second-order valence-electron chi connectivity index (χ2n) is 8.45. The topological polar surface area (TPSA) is 104 Å². The molecule has 9 nitrogen and oxygen atoms in total. The molecule has 3 aromatic heterocycles. The molecule has 6 rings (SSSR count). The van der Waals surface area contributed by atoms with Crippen molar-refractivity contribution in [2.24, 2.45) is 18.9 Å².